The third kappa shape index (κ3) is 3.88. The molecule has 1 N–H and O–H groups in total. The fourth-order valence-electron chi connectivity index (χ4n) is 4.75. The molecule has 6 nitrogen and oxygen atoms in total. The number of nitrogens with one attached hydrogen (secondary N) is 1. The molecular formula is C22H32N4O2. The van der Waals surface area contributed by atoms with Crippen molar-refractivity contribution in [1.82, 2.24) is 20.0 Å². The smallest absolute Gasteiger partial charge is 0.317 e. The van der Waals surface area contributed by atoms with Crippen LogP contribution in [0.1, 0.15) is 57.1 Å². The molecule has 1 aliphatic heterocycles. The second-order valence-electron chi connectivity index (χ2n) is 8.17. The molecule has 2 amide bonds. The maximum absolute atomic E-state index is 12.7. The average molecular weight is 385 g/mol. The van der Waals surface area contributed by atoms with Gasteiger partial charge in [-0.05, 0) is 56.6 Å². The standard InChI is InChI=1S/C22H32N4O2/c1-3-16-5-4-6-21-20(16)15-23-26(21)18-11-13-25(14-12-18)22(27)24-17-7-9-19(28-2)10-8-17/h4-6,15,17-19H,3,7-14H2,1-2H3,(H,24,27). The quantitative estimate of drug-likeness (QED) is 0.870. The van der Waals surface area contributed by atoms with Gasteiger partial charge < -0.3 is 15.0 Å². The van der Waals surface area contributed by atoms with Crippen molar-refractivity contribution >= 4 is 16.9 Å². The molecule has 28 heavy (non-hydrogen) atoms. The number of carbonyl (C=O) groups excluding carboxylic acids is 1. The summed E-state index contributed by atoms with van der Waals surface area (Å²) in [5.41, 5.74) is 2.57. The largest absolute Gasteiger partial charge is 0.381 e. The van der Waals surface area contributed by atoms with Crippen molar-refractivity contribution in [3.05, 3.63) is 30.0 Å². The zero-order valence-corrected chi connectivity index (χ0v) is 17.1. The fraction of sp³-hybridized carbons (Fsp3) is 0.636. The number of hydrogen-bond acceptors (Lipinski definition) is 3. The van der Waals surface area contributed by atoms with Crippen molar-refractivity contribution in [2.45, 2.75) is 70.1 Å². The molecule has 1 saturated heterocycles. The predicted molar refractivity (Wildman–Crippen MR) is 111 cm³/mol. The van der Waals surface area contributed by atoms with Crippen LogP contribution in [-0.4, -0.2) is 53.1 Å². The summed E-state index contributed by atoms with van der Waals surface area (Å²) >= 11 is 0. The Labute approximate surface area is 167 Å². The average Bonchev–Trinajstić information content (AvgIpc) is 3.18. The van der Waals surface area contributed by atoms with Crippen LogP contribution < -0.4 is 5.32 Å². The zero-order valence-electron chi connectivity index (χ0n) is 17.1. The molecule has 0 atom stereocenters. The lowest BCUT2D eigenvalue weighted by Crippen LogP contribution is -2.49. The van der Waals surface area contributed by atoms with E-state index in [4.69, 9.17) is 9.84 Å². The number of methoxy groups -OCH3 is 1. The van der Waals surface area contributed by atoms with Gasteiger partial charge in [-0.15, -0.1) is 0 Å². The molecule has 2 heterocycles. The second kappa shape index (κ2) is 8.52. The molecule has 152 valence electrons. The highest BCUT2D eigenvalue weighted by Crippen LogP contribution is 2.28. The molecule has 1 saturated carbocycles. The van der Waals surface area contributed by atoms with Crippen molar-refractivity contribution in [3.8, 4) is 0 Å². The molecule has 0 unspecified atom stereocenters. The minimum atomic E-state index is 0.0953. The lowest BCUT2D eigenvalue weighted by molar-refractivity contribution is 0.0624. The van der Waals surface area contributed by atoms with Crippen molar-refractivity contribution < 1.29 is 9.53 Å². The first-order chi connectivity index (χ1) is 13.7. The molecule has 0 radical (unpaired) electrons. The van der Waals surface area contributed by atoms with Crippen LogP contribution in [0.3, 0.4) is 0 Å². The molecule has 2 aliphatic rings. The molecular weight excluding hydrogens is 352 g/mol. The van der Waals surface area contributed by atoms with E-state index in [2.05, 4.69) is 35.1 Å². The van der Waals surface area contributed by atoms with Crippen molar-refractivity contribution in [2.24, 2.45) is 0 Å². The van der Waals surface area contributed by atoms with Crippen LogP contribution in [0, 0.1) is 0 Å². The van der Waals surface area contributed by atoms with E-state index in [9.17, 15) is 4.79 Å². The Morgan fingerprint density at radius 3 is 2.61 bits per heavy atom. The van der Waals surface area contributed by atoms with Crippen molar-refractivity contribution in [3.63, 3.8) is 0 Å². The summed E-state index contributed by atoms with van der Waals surface area (Å²) in [7, 11) is 1.78. The van der Waals surface area contributed by atoms with Crippen molar-refractivity contribution in [2.75, 3.05) is 20.2 Å². The number of urea groups is 1. The third-order valence-corrected chi connectivity index (χ3v) is 6.55. The zero-order chi connectivity index (χ0) is 19.5. The molecule has 1 aliphatic carbocycles. The molecule has 0 bridgehead atoms. The molecule has 1 aromatic carbocycles. The van der Waals surface area contributed by atoms with Gasteiger partial charge in [0, 0.05) is 31.6 Å². The van der Waals surface area contributed by atoms with Gasteiger partial charge in [-0.25, -0.2) is 4.79 Å². The Balaban J connectivity index is 1.33. The van der Waals surface area contributed by atoms with E-state index < -0.39 is 0 Å². The van der Waals surface area contributed by atoms with Gasteiger partial charge in [0.25, 0.3) is 0 Å². The minimum Gasteiger partial charge on any atom is -0.381 e. The predicted octanol–water partition coefficient (Wildman–Crippen LogP) is 3.90. The van der Waals surface area contributed by atoms with Gasteiger partial charge in [-0.2, -0.15) is 5.10 Å². The van der Waals surface area contributed by atoms with E-state index in [1.54, 1.807) is 7.11 Å². The number of aromatic nitrogens is 2. The minimum absolute atomic E-state index is 0.0953. The number of benzene rings is 1. The number of carbonyl (C=O) groups is 1. The molecule has 4 rings (SSSR count). The van der Waals surface area contributed by atoms with E-state index in [0.29, 0.717) is 18.2 Å². The highest BCUT2D eigenvalue weighted by molar-refractivity contribution is 5.82. The van der Waals surface area contributed by atoms with Crippen molar-refractivity contribution in [1.29, 1.82) is 0 Å². The topological polar surface area (TPSA) is 59.4 Å². The molecule has 1 aromatic heterocycles. The number of rotatable bonds is 4. The first-order valence-electron chi connectivity index (χ1n) is 10.7. The molecule has 6 heteroatoms. The maximum atomic E-state index is 12.7. The number of piperidine rings is 1. The Kier molecular flexibility index (Phi) is 5.85. The highest BCUT2D eigenvalue weighted by Gasteiger charge is 2.28. The number of amides is 2. The SMILES string of the molecule is CCc1cccc2c1cnn2C1CCN(C(=O)NC2CCC(OC)CC2)CC1. The van der Waals surface area contributed by atoms with Crippen LogP contribution in [0.15, 0.2) is 24.4 Å². The van der Waals surface area contributed by atoms with Crippen LogP contribution >= 0.6 is 0 Å². The number of fused-ring (bicyclic) bond motifs is 1. The number of nitrogens with zero attached hydrogens (tertiary/aromatic N) is 3. The lowest BCUT2D eigenvalue weighted by Gasteiger charge is -2.35. The van der Waals surface area contributed by atoms with Gasteiger partial charge in [-0.3, -0.25) is 4.68 Å². The molecule has 2 aromatic rings. The number of aryl methyl sites for hydroxylation is 1. The Bertz CT molecular complexity index is 802. The van der Waals surface area contributed by atoms with E-state index in [1.165, 1.54) is 16.5 Å². The second-order valence-corrected chi connectivity index (χ2v) is 8.17. The van der Waals surface area contributed by atoms with E-state index in [-0.39, 0.29) is 6.03 Å². The summed E-state index contributed by atoms with van der Waals surface area (Å²) in [6, 6.07) is 7.22. The van der Waals surface area contributed by atoms with Crippen LogP contribution in [0.25, 0.3) is 10.9 Å². The fourth-order valence-corrected chi connectivity index (χ4v) is 4.75. The summed E-state index contributed by atoms with van der Waals surface area (Å²) in [6.07, 6.45) is 9.40. The van der Waals surface area contributed by atoms with E-state index in [1.807, 2.05) is 11.1 Å². The highest BCUT2D eigenvalue weighted by atomic mass is 16.5. The van der Waals surface area contributed by atoms with Gasteiger partial charge in [0.2, 0.25) is 0 Å². The van der Waals surface area contributed by atoms with Crippen LogP contribution in [0.2, 0.25) is 0 Å². The normalized spacial score (nSPS) is 23.9. The van der Waals surface area contributed by atoms with Gasteiger partial charge >= 0.3 is 6.03 Å². The number of hydrogen-bond donors (Lipinski definition) is 1. The van der Waals surface area contributed by atoms with Gasteiger partial charge in [0.15, 0.2) is 0 Å². The monoisotopic (exact) mass is 384 g/mol. The van der Waals surface area contributed by atoms with Crippen LogP contribution in [0.4, 0.5) is 4.79 Å². The Morgan fingerprint density at radius 1 is 1.18 bits per heavy atom. The van der Waals surface area contributed by atoms with Crippen LogP contribution in [0.5, 0.6) is 0 Å². The van der Waals surface area contributed by atoms with E-state index in [0.717, 1.165) is 58.0 Å². The summed E-state index contributed by atoms with van der Waals surface area (Å²) in [6.45, 7) is 3.77. The Hall–Kier alpha value is -2.08. The lowest BCUT2D eigenvalue weighted by atomic mass is 9.93. The molecule has 0 spiro atoms. The Morgan fingerprint density at radius 2 is 1.93 bits per heavy atom. The van der Waals surface area contributed by atoms with Gasteiger partial charge in [0.05, 0.1) is 23.9 Å². The first-order valence-corrected chi connectivity index (χ1v) is 10.7. The van der Waals surface area contributed by atoms with Gasteiger partial charge in [0.1, 0.15) is 0 Å². The summed E-state index contributed by atoms with van der Waals surface area (Å²) < 4.78 is 7.60. The summed E-state index contributed by atoms with van der Waals surface area (Å²) in [4.78, 5) is 14.6. The van der Waals surface area contributed by atoms with Crippen LogP contribution in [-0.2, 0) is 11.2 Å². The van der Waals surface area contributed by atoms with E-state index >= 15 is 0 Å². The summed E-state index contributed by atoms with van der Waals surface area (Å²) in [5.74, 6) is 0. The third-order valence-electron chi connectivity index (χ3n) is 6.55. The summed E-state index contributed by atoms with van der Waals surface area (Å²) in [5, 5.41) is 9.19. The first kappa shape index (κ1) is 19.2. The van der Waals surface area contributed by atoms with Gasteiger partial charge in [-0.1, -0.05) is 19.1 Å². The number of likely N-dealkylation sites (tertiary alicyclic amines) is 1. The molecule has 2 fully saturated rings. The number of ether oxygens (including phenoxy) is 1. The maximum Gasteiger partial charge on any atom is 0.317 e.